The summed E-state index contributed by atoms with van der Waals surface area (Å²) in [4.78, 5) is 4.58. The Hall–Kier alpha value is -1.03. The maximum Gasteiger partial charge on any atom is 0.428 e. The lowest BCUT2D eigenvalue weighted by Gasteiger charge is -2.17. The molecule has 0 aromatic heterocycles. The summed E-state index contributed by atoms with van der Waals surface area (Å²) in [7, 11) is -3.87. The second-order valence-corrected chi connectivity index (χ2v) is 6.40. The highest BCUT2D eigenvalue weighted by molar-refractivity contribution is 7.86. The third-order valence-electron chi connectivity index (χ3n) is 2.83. The first-order valence-corrected chi connectivity index (χ1v) is 8.22. The molecule has 0 amide bonds. The quantitative estimate of drug-likeness (QED) is 0.435. The Kier molecular flexibility index (Phi) is 8.76. The lowest BCUT2D eigenvalue weighted by atomic mass is 10.2. The van der Waals surface area contributed by atoms with Crippen molar-refractivity contribution in [2.45, 2.75) is 44.3 Å². The second kappa shape index (κ2) is 9.19. The number of hydrogen-bond donors (Lipinski definition) is 1. The van der Waals surface area contributed by atoms with E-state index in [0.29, 0.717) is 0 Å². The lowest BCUT2D eigenvalue weighted by Crippen LogP contribution is -2.35. The van der Waals surface area contributed by atoms with Crippen LogP contribution in [0.1, 0.15) is 32.6 Å². The Morgan fingerprint density at radius 1 is 1.23 bits per heavy atom. The van der Waals surface area contributed by atoms with Gasteiger partial charge >= 0.3 is 21.8 Å². The van der Waals surface area contributed by atoms with E-state index in [4.69, 9.17) is 4.55 Å². The molecule has 0 aliphatic carbocycles. The van der Waals surface area contributed by atoms with Crippen molar-refractivity contribution in [3.63, 3.8) is 0 Å². The first-order chi connectivity index (χ1) is 10.0. The smallest absolute Gasteiger partial charge is 0.362 e. The van der Waals surface area contributed by atoms with Gasteiger partial charge in [-0.2, -0.15) is 17.2 Å². The van der Waals surface area contributed by atoms with Gasteiger partial charge in [-0.3, -0.25) is 4.55 Å². The summed E-state index contributed by atoms with van der Waals surface area (Å²) in [5.41, 5.74) is 0. The van der Waals surface area contributed by atoms with Gasteiger partial charge in [0, 0.05) is 26.0 Å². The highest BCUT2D eigenvalue weighted by Gasteiger charge is 2.53. The molecule has 5 nitrogen and oxygen atoms in total. The van der Waals surface area contributed by atoms with Gasteiger partial charge in [-0.25, -0.2) is 8.78 Å². The van der Waals surface area contributed by atoms with Crippen LogP contribution in [0.25, 0.3) is 0 Å². The fourth-order valence-corrected chi connectivity index (χ4v) is 1.81. The van der Waals surface area contributed by atoms with Gasteiger partial charge in [-0.05, 0) is 6.42 Å². The lowest BCUT2D eigenvalue weighted by molar-refractivity contribution is -0.0687. The maximum atomic E-state index is 11.5. The first kappa shape index (κ1) is 21.0. The van der Waals surface area contributed by atoms with Crippen LogP contribution >= 0.6 is 0 Å². The van der Waals surface area contributed by atoms with Crippen LogP contribution in [0.2, 0.25) is 0 Å². The van der Waals surface area contributed by atoms with Gasteiger partial charge in [0.15, 0.2) is 0 Å². The molecule has 1 aliphatic rings. The van der Waals surface area contributed by atoms with E-state index in [9.17, 15) is 26.0 Å². The third kappa shape index (κ3) is 7.30. The molecule has 0 atom stereocenters. The molecular weight excluding hydrogens is 328 g/mol. The van der Waals surface area contributed by atoms with Gasteiger partial charge in [0.1, 0.15) is 0 Å². The zero-order valence-electron chi connectivity index (χ0n) is 12.6. The van der Waals surface area contributed by atoms with Crippen molar-refractivity contribution in [2.24, 2.45) is 0 Å². The van der Waals surface area contributed by atoms with E-state index in [0.717, 1.165) is 6.67 Å². The topological polar surface area (TPSA) is 60.9 Å². The van der Waals surface area contributed by atoms with Crippen molar-refractivity contribution in [1.29, 1.82) is 0 Å². The summed E-state index contributed by atoms with van der Waals surface area (Å²) in [6, 6.07) is 0. The van der Waals surface area contributed by atoms with E-state index >= 15 is 0 Å². The molecule has 0 spiro atoms. The molecule has 0 fully saturated rings. The molecule has 1 rings (SSSR count). The second-order valence-electron chi connectivity index (χ2n) is 4.91. The molecule has 0 radical (unpaired) electrons. The average Bonchev–Trinajstić information content (AvgIpc) is 2.80. The van der Waals surface area contributed by atoms with E-state index in [1.54, 1.807) is 0 Å². The van der Waals surface area contributed by atoms with E-state index in [2.05, 4.69) is 36.2 Å². The highest BCUT2D eigenvalue weighted by Crippen LogP contribution is 2.27. The van der Waals surface area contributed by atoms with Crippen molar-refractivity contribution < 1.29 is 30.5 Å². The molecule has 0 saturated heterocycles. The van der Waals surface area contributed by atoms with E-state index in [1.807, 2.05) is 0 Å². The standard InChI is InChI=1S/C10H20N2.C2H2F4O3S/c1-3-4-5-6-7-12-9-8-11(2)10-12;3-1(4)2(5,6)10(7,8)9/h8-9H,3-7,10H2,1-2H3;1H,(H,7,8,9). The predicted octanol–water partition coefficient (Wildman–Crippen LogP) is 2.97. The van der Waals surface area contributed by atoms with Crippen LogP contribution in [-0.2, 0) is 10.1 Å². The van der Waals surface area contributed by atoms with Gasteiger partial charge in [0.05, 0.1) is 6.67 Å². The minimum Gasteiger partial charge on any atom is -0.362 e. The van der Waals surface area contributed by atoms with Crippen molar-refractivity contribution in [1.82, 2.24) is 9.80 Å². The minimum absolute atomic E-state index is 1.08. The van der Waals surface area contributed by atoms with Crippen LogP contribution in [-0.4, -0.2) is 54.7 Å². The molecule has 1 aliphatic heterocycles. The van der Waals surface area contributed by atoms with Crippen molar-refractivity contribution >= 4 is 10.1 Å². The molecule has 132 valence electrons. The van der Waals surface area contributed by atoms with Crippen molar-refractivity contribution in [3.8, 4) is 0 Å². The summed E-state index contributed by atoms with van der Waals surface area (Å²) in [6.07, 6.45) is 5.34. The van der Waals surface area contributed by atoms with E-state index < -0.39 is 21.8 Å². The molecule has 0 aromatic carbocycles. The van der Waals surface area contributed by atoms with Gasteiger partial charge in [0.25, 0.3) is 0 Å². The molecule has 0 aromatic rings. The van der Waals surface area contributed by atoms with E-state index in [-0.39, 0.29) is 0 Å². The molecular formula is C12H22F4N2O3S. The van der Waals surface area contributed by atoms with Crippen LogP contribution < -0.4 is 0 Å². The number of hydrogen-bond acceptors (Lipinski definition) is 4. The average molecular weight is 350 g/mol. The van der Waals surface area contributed by atoms with Crippen LogP contribution in [0.15, 0.2) is 12.4 Å². The van der Waals surface area contributed by atoms with Gasteiger partial charge in [-0.15, -0.1) is 0 Å². The normalized spacial score (nSPS) is 15.3. The van der Waals surface area contributed by atoms with Crippen LogP contribution in [0.5, 0.6) is 0 Å². The Bertz CT molecular complexity index is 444. The molecule has 22 heavy (non-hydrogen) atoms. The molecule has 0 saturated carbocycles. The minimum atomic E-state index is -5.98. The monoisotopic (exact) mass is 350 g/mol. The largest absolute Gasteiger partial charge is 0.428 e. The van der Waals surface area contributed by atoms with E-state index in [1.165, 1.54) is 32.2 Å². The number of halogens is 4. The van der Waals surface area contributed by atoms with Crippen LogP contribution in [0.3, 0.4) is 0 Å². The van der Waals surface area contributed by atoms with Crippen LogP contribution in [0, 0.1) is 0 Å². The Balaban J connectivity index is 0.000000409. The number of alkyl halides is 4. The highest BCUT2D eigenvalue weighted by atomic mass is 32.2. The fourth-order valence-electron chi connectivity index (χ4n) is 1.59. The molecule has 0 bridgehead atoms. The zero-order chi connectivity index (χ0) is 17.4. The van der Waals surface area contributed by atoms with Crippen molar-refractivity contribution in [2.75, 3.05) is 20.3 Å². The summed E-state index contributed by atoms with van der Waals surface area (Å²) >= 11 is 0. The SMILES string of the molecule is CCCCCCN1C=CN(C)C1.O=S(=O)(O)C(F)(F)C(F)F. The third-order valence-corrected chi connectivity index (χ3v) is 3.70. The van der Waals surface area contributed by atoms with Gasteiger partial charge in [0.2, 0.25) is 0 Å². The summed E-state index contributed by atoms with van der Waals surface area (Å²) in [5, 5.41) is -5.37. The van der Waals surface area contributed by atoms with Crippen molar-refractivity contribution in [3.05, 3.63) is 12.4 Å². The first-order valence-electron chi connectivity index (χ1n) is 6.78. The Morgan fingerprint density at radius 3 is 2.14 bits per heavy atom. The zero-order valence-corrected chi connectivity index (χ0v) is 13.4. The summed E-state index contributed by atoms with van der Waals surface area (Å²) in [5.74, 6) is 0. The van der Waals surface area contributed by atoms with Crippen LogP contribution in [0.4, 0.5) is 17.6 Å². The predicted molar refractivity (Wildman–Crippen MR) is 75.1 cm³/mol. The molecule has 1 N–H and O–H groups in total. The summed E-state index contributed by atoms with van der Waals surface area (Å²) in [6.45, 7) is 4.55. The Morgan fingerprint density at radius 2 is 1.82 bits per heavy atom. The van der Waals surface area contributed by atoms with Gasteiger partial charge < -0.3 is 9.80 Å². The summed E-state index contributed by atoms with van der Waals surface area (Å²) < 4.78 is 71.3. The van der Waals surface area contributed by atoms with Gasteiger partial charge in [-0.1, -0.05) is 26.2 Å². The number of rotatable bonds is 7. The number of unbranched alkanes of at least 4 members (excludes halogenated alkanes) is 3. The number of nitrogens with zero attached hydrogens (tertiary/aromatic N) is 2. The fraction of sp³-hybridized carbons (Fsp3) is 0.833. The molecule has 0 unspecified atom stereocenters. The Labute approximate surface area is 128 Å². The molecule has 1 heterocycles. The maximum absolute atomic E-state index is 11.5. The molecule has 10 heteroatoms.